The Hall–Kier alpha value is -3.47. The molecule has 0 unspecified atom stereocenters. The highest BCUT2D eigenvalue weighted by atomic mass is 15.1. The van der Waals surface area contributed by atoms with E-state index in [1.54, 1.807) is 0 Å². The minimum Gasteiger partial charge on any atom is -0.337 e. The molecule has 0 spiro atoms. The van der Waals surface area contributed by atoms with Crippen LogP contribution in [0, 0.1) is 0 Å². The highest BCUT2D eigenvalue weighted by molar-refractivity contribution is 5.91. The number of nitrogens with zero attached hydrogens (tertiary/aromatic N) is 3. The number of rotatable bonds is 4. The Bertz CT molecular complexity index is 1140. The zero-order valence-corrected chi connectivity index (χ0v) is 14.7. The molecular weight excluding hydrogens is 322 g/mol. The molecule has 0 fully saturated rings. The summed E-state index contributed by atoms with van der Waals surface area (Å²) in [6.07, 6.45) is 5.95. The van der Waals surface area contributed by atoms with Crippen LogP contribution in [0.3, 0.4) is 0 Å². The van der Waals surface area contributed by atoms with Crippen molar-refractivity contribution in [3.63, 3.8) is 0 Å². The molecule has 0 saturated heterocycles. The summed E-state index contributed by atoms with van der Waals surface area (Å²) in [5.74, 6) is 0.710. The molecule has 3 heterocycles. The number of pyridine rings is 1. The van der Waals surface area contributed by atoms with Crippen molar-refractivity contribution in [1.29, 1.82) is 0 Å². The van der Waals surface area contributed by atoms with Gasteiger partial charge in [0.05, 0.1) is 22.2 Å². The Morgan fingerprint density at radius 1 is 1.08 bits per heavy atom. The summed E-state index contributed by atoms with van der Waals surface area (Å²) < 4.78 is 0. The number of nitrogens with one attached hydrogen (secondary N) is 2. The van der Waals surface area contributed by atoms with Gasteiger partial charge in [-0.15, -0.1) is 0 Å². The van der Waals surface area contributed by atoms with E-state index in [0.717, 1.165) is 44.6 Å². The number of fused-ring (bicyclic) bond motifs is 2. The molecular formula is C21H19N5. The molecule has 2 N–H and O–H groups in total. The van der Waals surface area contributed by atoms with E-state index in [1.807, 2.05) is 62.4 Å². The molecule has 4 aromatic rings. The lowest BCUT2D eigenvalue weighted by Gasteiger charge is -2.03. The first kappa shape index (κ1) is 16.0. The van der Waals surface area contributed by atoms with E-state index in [4.69, 9.17) is 4.98 Å². The quantitative estimate of drug-likeness (QED) is 0.511. The fourth-order valence-electron chi connectivity index (χ4n) is 2.90. The van der Waals surface area contributed by atoms with Crippen molar-refractivity contribution in [2.75, 3.05) is 0 Å². The SMILES string of the molecule is C=C/C(C)=C\C(=C/C)c1ccc2[nH]nc(-c3nc4ccccc4[nH]3)c2n1. The average molecular weight is 341 g/mol. The maximum atomic E-state index is 4.84. The van der Waals surface area contributed by atoms with Crippen molar-refractivity contribution in [3.8, 4) is 11.5 Å². The van der Waals surface area contributed by atoms with Crippen LogP contribution in [-0.2, 0) is 0 Å². The van der Waals surface area contributed by atoms with Gasteiger partial charge in [-0.1, -0.05) is 42.5 Å². The number of H-pyrrole nitrogens is 2. The lowest BCUT2D eigenvalue weighted by Crippen LogP contribution is -1.90. The van der Waals surface area contributed by atoms with Crippen molar-refractivity contribution in [1.82, 2.24) is 25.1 Å². The van der Waals surface area contributed by atoms with Gasteiger partial charge in [0.25, 0.3) is 0 Å². The van der Waals surface area contributed by atoms with Gasteiger partial charge in [0.2, 0.25) is 0 Å². The summed E-state index contributed by atoms with van der Waals surface area (Å²) in [5.41, 5.74) is 7.31. The Kier molecular flexibility index (Phi) is 3.97. The molecule has 26 heavy (non-hydrogen) atoms. The molecule has 4 rings (SSSR count). The molecule has 5 nitrogen and oxygen atoms in total. The number of benzene rings is 1. The smallest absolute Gasteiger partial charge is 0.161 e. The number of hydrogen-bond donors (Lipinski definition) is 2. The highest BCUT2D eigenvalue weighted by Crippen LogP contribution is 2.27. The van der Waals surface area contributed by atoms with Crippen molar-refractivity contribution >= 4 is 27.6 Å². The molecule has 0 aliphatic rings. The maximum Gasteiger partial charge on any atom is 0.161 e. The molecule has 1 aromatic carbocycles. The maximum absolute atomic E-state index is 4.84. The minimum atomic E-state index is 0.710. The lowest BCUT2D eigenvalue weighted by molar-refractivity contribution is 1.10. The number of hydrogen-bond acceptors (Lipinski definition) is 3. The number of aromatic amines is 2. The van der Waals surface area contributed by atoms with E-state index in [9.17, 15) is 0 Å². The van der Waals surface area contributed by atoms with Crippen LogP contribution in [0.15, 0.2) is 66.8 Å². The van der Waals surface area contributed by atoms with Crippen LogP contribution in [0.1, 0.15) is 19.5 Å². The Morgan fingerprint density at radius 3 is 2.69 bits per heavy atom. The van der Waals surface area contributed by atoms with E-state index >= 15 is 0 Å². The number of aromatic nitrogens is 5. The summed E-state index contributed by atoms with van der Waals surface area (Å²) in [5, 5.41) is 7.48. The van der Waals surface area contributed by atoms with Gasteiger partial charge in [-0.2, -0.15) is 5.10 Å². The van der Waals surface area contributed by atoms with Crippen LogP contribution >= 0.6 is 0 Å². The molecule has 0 aliphatic carbocycles. The van der Waals surface area contributed by atoms with Gasteiger partial charge >= 0.3 is 0 Å². The van der Waals surface area contributed by atoms with Gasteiger partial charge in [0.1, 0.15) is 5.52 Å². The zero-order chi connectivity index (χ0) is 18.1. The second-order valence-corrected chi connectivity index (χ2v) is 6.10. The average Bonchev–Trinajstić information content (AvgIpc) is 3.28. The van der Waals surface area contributed by atoms with E-state index < -0.39 is 0 Å². The second kappa shape index (κ2) is 6.44. The standard InChI is InChI=1S/C21H19N5/c1-4-13(3)12-14(5-2)15-10-11-18-19(22-15)20(26-25-18)21-23-16-8-6-7-9-17(16)24-21/h4-12H,1H2,2-3H3,(H,23,24)(H,25,26)/b13-12-,14-5+. The molecule has 5 heteroatoms. The zero-order valence-electron chi connectivity index (χ0n) is 14.7. The molecule has 0 saturated carbocycles. The van der Waals surface area contributed by atoms with Crippen LogP contribution in [0.4, 0.5) is 0 Å². The summed E-state index contributed by atoms with van der Waals surface area (Å²) in [6.45, 7) is 7.84. The molecule has 0 aliphatic heterocycles. The molecule has 3 aromatic heterocycles. The van der Waals surface area contributed by atoms with E-state index in [1.165, 1.54) is 0 Å². The summed E-state index contributed by atoms with van der Waals surface area (Å²) in [6, 6.07) is 11.9. The Labute approximate surface area is 151 Å². The van der Waals surface area contributed by atoms with Crippen LogP contribution < -0.4 is 0 Å². The fourth-order valence-corrected chi connectivity index (χ4v) is 2.90. The Balaban J connectivity index is 1.86. The van der Waals surface area contributed by atoms with Crippen LogP contribution in [0.2, 0.25) is 0 Å². The van der Waals surface area contributed by atoms with Gasteiger partial charge in [-0.25, -0.2) is 9.97 Å². The first-order valence-corrected chi connectivity index (χ1v) is 8.47. The van der Waals surface area contributed by atoms with Gasteiger partial charge in [0, 0.05) is 0 Å². The number of imidazole rings is 1. The summed E-state index contributed by atoms with van der Waals surface area (Å²) in [7, 11) is 0. The molecule has 0 bridgehead atoms. The topological polar surface area (TPSA) is 70.2 Å². The normalized spacial score (nSPS) is 12.8. The van der Waals surface area contributed by atoms with Gasteiger partial charge < -0.3 is 4.98 Å². The number of para-hydroxylation sites is 2. The summed E-state index contributed by atoms with van der Waals surface area (Å²) >= 11 is 0. The van der Waals surface area contributed by atoms with Crippen LogP contribution in [-0.4, -0.2) is 25.1 Å². The van der Waals surface area contributed by atoms with Gasteiger partial charge in [0.15, 0.2) is 11.5 Å². The van der Waals surface area contributed by atoms with Crippen LogP contribution in [0.5, 0.6) is 0 Å². The van der Waals surface area contributed by atoms with E-state index in [0.29, 0.717) is 5.82 Å². The third kappa shape index (κ3) is 2.73. The van der Waals surface area contributed by atoms with Crippen molar-refractivity contribution < 1.29 is 0 Å². The van der Waals surface area contributed by atoms with Crippen molar-refractivity contribution in [2.45, 2.75) is 13.8 Å². The second-order valence-electron chi connectivity index (χ2n) is 6.10. The first-order chi connectivity index (χ1) is 12.7. The van der Waals surface area contributed by atoms with Gasteiger partial charge in [-0.3, -0.25) is 5.10 Å². The summed E-state index contributed by atoms with van der Waals surface area (Å²) in [4.78, 5) is 12.8. The lowest BCUT2D eigenvalue weighted by atomic mass is 10.1. The Morgan fingerprint density at radius 2 is 1.92 bits per heavy atom. The predicted octanol–water partition coefficient (Wildman–Crippen LogP) is 5.04. The molecule has 0 radical (unpaired) electrons. The van der Waals surface area contributed by atoms with Crippen molar-refractivity contribution in [3.05, 3.63) is 72.5 Å². The van der Waals surface area contributed by atoms with E-state index in [-0.39, 0.29) is 0 Å². The third-order valence-electron chi connectivity index (χ3n) is 4.33. The molecule has 0 atom stereocenters. The molecule has 128 valence electrons. The van der Waals surface area contributed by atoms with Gasteiger partial charge in [-0.05, 0) is 43.7 Å². The minimum absolute atomic E-state index is 0.710. The van der Waals surface area contributed by atoms with E-state index in [2.05, 4.69) is 32.8 Å². The number of allylic oxidation sites excluding steroid dienone is 5. The highest BCUT2D eigenvalue weighted by Gasteiger charge is 2.14. The fraction of sp³-hybridized carbons (Fsp3) is 0.0952. The van der Waals surface area contributed by atoms with Crippen LogP contribution in [0.25, 0.3) is 39.2 Å². The first-order valence-electron chi connectivity index (χ1n) is 8.47. The van der Waals surface area contributed by atoms with Crippen molar-refractivity contribution in [2.24, 2.45) is 0 Å². The molecule has 0 amide bonds. The predicted molar refractivity (Wildman–Crippen MR) is 107 cm³/mol. The largest absolute Gasteiger partial charge is 0.337 e. The monoisotopic (exact) mass is 341 g/mol. The third-order valence-corrected chi connectivity index (χ3v) is 4.33.